The van der Waals surface area contributed by atoms with Gasteiger partial charge < -0.3 is 14.9 Å². The molecule has 1 aromatic heterocycles. The molecular weight excluding hydrogens is 442 g/mol. The van der Waals surface area contributed by atoms with Crippen molar-refractivity contribution < 1.29 is 19.2 Å². The number of aromatic nitrogens is 1. The quantitative estimate of drug-likeness (QED) is 0.553. The first-order valence-corrected chi connectivity index (χ1v) is 11.4. The summed E-state index contributed by atoms with van der Waals surface area (Å²) >= 11 is 6.02. The third-order valence-corrected chi connectivity index (χ3v) is 6.60. The average Bonchev–Trinajstić information content (AvgIpc) is 3.20. The molecule has 0 bridgehead atoms. The monoisotopic (exact) mass is 465 g/mol. The van der Waals surface area contributed by atoms with E-state index in [1.165, 1.54) is 5.56 Å². The Balaban J connectivity index is 1.23. The summed E-state index contributed by atoms with van der Waals surface area (Å²) < 4.78 is 5.60. The van der Waals surface area contributed by atoms with Crippen molar-refractivity contribution in [2.24, 2.45) is 5.92 Å². The van der Waals surface area contributed by atoms with Crippen LogP contribution in [0, 0.1) is 5.92 Å². The first kappa shape index (κ1) is 21.7. The summed E-state index contributed by atoms with van der Waals surface area (Å²) in [6.07, 6.45) is 2.18. The van der Waals surface area contributed by atoms with Crippen LogP contribution in [0.5, 0.6) is 0 Å². The van der Waals surface area contributed by atoms with E-state index in [0.29, 0.717) is 49.0 Å². The Labute approximate surface area is 196 Å². The molecule has 1 aliphatic carbocycles. The van der Waals surface area contributed by atoms with Crippen LogP contribution in [0.15, 0.2) is 47.0 Å². The second-order valence-corrected chi connectivity index (χ2v) is 9.13. The molecule has 0 radical (unpaired) electrons. The fourth-order valence-corrected chi connectivity index (χ4v) is 4.79. The van der Waals surface area contributed by atoms with Gasteiger partial charge in [-0.25, -0.2) is 0 Å². The zero-order valence-corrected chi connectivity index (χ0v) is 18.8. The Hall–Kier alpha value is -3.16. The molecule has 1 fully saturated rings. The van der Waals surface area contributed by atoms with Crippen molar-refractivity contribution in [2.45, 2.75) is 25.8 Å². The van der Waals surface area contributed by atoms with Gasteiger partial charge in [0.15, 0.2) is 11.5 Å². The lowest BCUT2D eigenvalue weighted by molar-refractivity contribution is -0.147. The van der Waals surface area contributed by atoms with Gasteiger partial charge in [0.2, 0.25) is 0 Å². The molecule has 1 aliphatic heterocycles. The lowest BCUT2D eigenvalue weighted by Crippen LogP contribution is -2.49. The maximum absolute atomic E-state index is 12.7. The molecule has 0 spiro atoms. The summed E-state index contributed by atoms with van der Waals surface area (Å²) in [5.41, 5.74) is 5.55. The molecule has 3 aromatic rings. The molecule has 0 atom stereocenters. The van der Waals surface area contributed by atoms with Crippen LogP contribution >= 0.6 is 11.6 Å². The minimum atomic E-state index is -0.723. The number of amides is 1. The number of hydrogen-bond acceptors (Lipinski definition) is 5. The van der Waals surface area contributed by atoms with Gasteiger partial charge in [-0.1, -0.05) is 47.1 Å². The van der Waals surface area contributed by atoms with E-state index in [2.05, 4.69) is 21.4 Å². The molecule has 0 saturated carbocycles. The Morgan fingerprint density at radius 2 is 2.00 bits per heavy atom. The number of carboxylic acids is 1. The van der Waals surface area contributed by atoms with Gasteiger partial charge in [-0.05, 0) is 48.1 Å². The third-order valence-electron chi connectivity index (χ3n) is 6.36. The van der Waals surface area contributed by atoms with Crippen molar-refractivity contribution in [2.75, 3.05) is 19.6 Å². The first-order valence-electron chi connectivity index (χ1n) is 11.1. The number of rotatable bonds is 7. The summed E-state index contributed by atoms with van der Waals surface area (Å²) in [6, 6.07) is 13.8. The van der Waals surface area contributed by atoms with Crippen LogP contribution in [0.2, 0.25) is 5.02 Å². The molecule has 7 nitrogen and oxygen atoms in total. The fourth-order valence-electron chi connectivity index (χ4n) is 4.57. The van der Waals surface area contributed by atoms with Crippen LogP contribution in [0.4, 0.5) is 0 Å². The van der Waals surface area contributed by atoms with E-state index in [1.807, 2.05) is 36.4 Å². The Kier molecular flexibility index (Phi) is 5.91. The third kappa shape index (κ3) is 4.51. The maximum Gasteiger partial charge on any atom is 0.309 e. The molecule has 8 heteroatoms. The highest BCUT2D eigenvalue weighted by Gasteiger charge is 2.32. The van der Waals surface area contributed by atoms with E-state index in [-0.39, 0.29) is 11.8 Å². The molecule has 1 amide bonds. The topological polar surface area (TPSA) is 95.7 Å². The summed E-state index contributed by atoms with van der Waals surface area (Å²) in [5.74, 6) is -0.543. The molecule has 2 heterocycles. The van der Waals surface area contributed by atoms with Crippen molar-refractivity contribution in [3.05, 3.63) is 75.4 Å². The van der Waals surface area contributed by atoms with E-state index < -0.39 is 5.97 Å². The normalized spacial score (nSPS) is 15.4. The number of nitrogens with zero attached hydrogens (tertiary/aromatic N) is 2. The smallest absolute Gasteiger partial charge is 0.309 e. The minimum Gasteiger partial charge on any atom is -0.481 e. The number of fused-ring (bicyclic) bond motifs is 3. The summed E-state index contributed by atoms with van der Waals surface area (Å²) in [7, 11) is 0. The van der Waals surface area contributed by atoms with Crippen LogP contribution < -0.4 is 5.32 Å². The van der Waals surface area contributed by atoms with Gasteiger partial charge in [0.1, 0.15) is 0 Å². The van der Waals surface area contributed by atoms with Gasteiger partial charge in [-0.2, -0.15) is 0 Å². The van der Waals surface area contributed by atoms with Crippen LogP contribution in [-0.2, 0) is 30.6 Å². The number of aliphatic carboxylic acids is 1. The number of benzene rings is 2. The second kappa shape index (κ2) is 9.00. The molecule has 170 valence electrons. The van der Waals surface area contributed by atoms with Crippen LogP contribution in [0.25, 0.3) is 11.3 Å². The first-order chi connectivity index (χ1) is 16.0. The number of hydrogen-bond donors (Lipinski definition) is 2. The Bertz CT molecular complexity index is 1220. The van der Waals surface area contributed by atoms with E-state index in [9.17, 15) is 9.59 Å². The van der Waals surface area contributed by atoms with Gasteiger partial charge in [-0.15, -0.1) is 0 Å². The highest BCUT2D eigenvalue weighted by atomic mass is 35.5. The molecule has 2 aliphatic rings. The fraction of sp³-hybridized carbons (Fsp3) is 0.320. The lowest BCUT2D eigenvalue weighted by Gasteiger charge is -2.36. The van der Waals surface area contributed by atoms with Gasteiger partial charge >= 0.3 is 5.97 Å². The Morgan fingerprint density at radius 3 is 2.79 bits per heavy atom. The molecule has 2 aromatic carbocycles. The number of carboxylic acid groups (broad SMARTS) is 1. The number of nitrogens with one attached hydrogen (secondary N) is 1. The van der Waals surface area contributed by atoms with Crippen molar-refractivity contribution in [3.63, 3.8) is 0 Å². The average molecular weight is 466 g/mol. The molecule has 33 heavy (non-hydrogen) atoms. The maximum atomic E-state index is 12.7. The van der Waals surface area contributed by atoms with Crippen LogP contribution in [-0.4, -0.2) is 46.7 Å². The van der Waals surface area contributed by atoms with Gasteiger partial charge in [-0.3, -0.25) is 14.5 Å². The van der Waals surface area contributed by atoms with Crippen molar-refractivity contribution >= 4 is 23.5 Å². The standard InChI is InChI=1S/C25H24ClN3O4/c26-19-3-1-2-15(11-19)8-9-27-24(30)22-21-7-5-17-10-16(4-6-20(17)23(21)33-28-22)12-29-13-18(14-29)25(31)32/h1-4,6,10-11,18H,5,7-9,12-14H2,(H,27,30)(H,31,32). The van der Waals surface area contributed by atoms with Crippen molar-refractivity contribution in [1.82, 2.24) is 15.4 Å². The van der Waals surface area contributed by atoms with Gasteiger partial charge in [0.25, 0.3) is 5.91 Å². The lowest BCUT2D eigenvalue weighted by atomic mass is 9.88. The predicted octanol–water partition coefficient (Wildman–Crippen LogP) is 3.58. The van der Waals surface area contributed by atoms with E-state index in [0.717, 1.165) is 35.2 Å². The summed E-state index contributed by atoms with van der Waals surface area (Å²) in [5, 5.41) is 16.7. The predicted molar refractivity (Wildman–Crippen MR) is 123 cm³/mol. The largest absolute Gasteiger partial charge is 0.481 e. The SMILES string of the molecule is O=C(NCCc1cccc(Cl)c1)c1noc2c1CCc1cc(CN3CC(C(=O)O)C3)ccc1-2. The molecule has 2 N–H and O–H groups in total. The number of aryl methyl sites for hydroxylation is 1. The highest BCUT2D eigenvalue weighted by molar-refractivity contribution is 6.30. The highest BCUT2D eigenvalue weighted by Crippen LogP contribution is 2.36. The zero-order valence-electron chi connectivity index (χ0n) is 18.0. The molecule has 1 saturated heterocycles. The van der Waals surface area contributed by atoms with Crippen LogP contribution in [0.3, 0.4) is 0 Å². The molecule has 5 rings (SSSR count). The van der Waals surface area contributed by atoms with E-state index in [1.54, 1.807) is 0 Å². The minimum absolute atomic E-state index is 0.229. The van der Waals surface area contributed by atoms with E-state index >= 15 is 0 Å². The number of carbonyl (C=O) groups excluding carboxylic acids is 1. The van der Waals surface area contributed by atoms with Crippen LogP contribution in [0.1, 0.15) is 32.7 Å². The second-order valence-electron chi connectivity index (χ2n) is 8.70. The van der Waals surface area contributed by atoms with E-state index in [4.69, 9.17) is 21.2 Å². The summed E-state index contributed by atoms with van der Waals surface area (Å²) in [6.45, 7) is 2.41. The number of likely N-dealkylation sites (tertiary alicyclic amines) is 1. The molecule has 0 unspecified atom stereocenters. The van der Waals surface area contributed by atoms with Gasteiger partial charge in [0, 0.05) is 42.3 Å². The number of carbonyl (C=O) groups is 2. The Morgan fingerprint density at radius 1 is 1.15 bits per heavy atom. The molecular formula is C25H24ClN3O4. The van der Waals surface area contributed by atoms with Crippen molar-refractivity contribution in [1.29, 1.82) is 0 Å². The van der Waals surface area contributed by atoms with Gasteiger partial charge in [0.05, 0.1) is 5.92 Å². The summed E-state index contributed by atoms with van der Waals surface area (Å²) in [4.78, 5) is 25.9. The zero-order chi connectivity index (χ0) is 22.9. The van der Waals surface area contributed by atoms with Crippen molar-refractivity contribution in [3.8, 4) is 11.3 Å². The number of halogens is 1.